The number of esters is 2. The van der Waals surface area contributed by atoms with Gasteiger partial charge in [0.05, 0.1) is 18.8 Å². The van der Waals surface area contributed by atoms with Gasteiger partial charge < -0.3 is 20.2 Å². The number of ether oxygens (including phenoxy) is 2. The van der Waals surface area contributed by atoms with Gasteiger partial charge in [0.25, 0.3) is 0 Å². The number of nitrogen functional groups attached to an aromatic ring is 1. The number of aromatic nitrogens is 1. The van der Waals surface area contributed by atoms with E-state index >= 15 is 0 Å². The summed E-state index contributed by atoms with van der Waals surface area (Å²) in [4.78, 5) is 29.6. The zero-order chi connectivity index (χ0) is 20.3. The van der Waals surface area contributed by atoms with Gasteiger partial charge in [-0.2, -0.15) is 0 Å². The van der Waals surface area contributed by atoms with Gasteiger partial charge in [0.15, 0.2) is 0 Å². The van der Waals surface area contributed by atoms with Crippen molar-refractivity contribution in [2.45, 2.75) is 39.3 Å². The van der Waals surface area contributed by atoms with Gasteiger partial charge in [-0.25, -0.2) is 9.59 Å². The molecule has 1 saturated carbocycles. The lowest BCUT2D eigenvalue weighted by Crippen LogP contribution is -2.20. The van der Waals surface area contributed by atoms with E-state index in [1.165, 1.54) is 12.8 Å². The molecule has 0 spiro atoms. The molecule has 1 aliphatic carbocycles. The van der Waals surface area contributed by atoms with Gasteiger partial charge in [0.1, 0.15) is 11.4 Å². The Kier molecular flexibility index (Phi) is 6.04. The fourth-order valence-corrected chi connectivity index (χ4v) is 3.24. The van der Waals surface area contributed by atoms with E-state index in [0.717, 1.165) is 16.8 Å². The molecule has 0 bridgehead atoms. The Morgan fingerprint density at radius 1 is 1.14 bits per heavy atom. The molecule has 7 heteroatoms. The topological polar surface area (TPSA) is 97.6 Å². The van der Waals surface area contributed by atoms with Crippen LogP contribution in [0.15, 0.2) is 24.3 Å². The number of hydrogen-bond acceptors (Lipinski definition) is 6. The molecule has 1 aromatic heterocycles. The van der Waals surface area contributed by atoms with Crippen LogP contribution in [0.1, 0.15) is 53.0 Å². The highest BCUT2D eigenvalue weighted by molar-refractivity contribution is 5.96. The standard InChI is InChI=1S/C21H27N3O4/c1-4-27-20(25)13-6-9-16(14(10-13)12-24(3)15-7-8-15)18-11-17(19(22)23-18)21(26)28-5-2/h6,9-11,15,23H,4-5,7-8,12,22H2,1-3H3. The number of nitrogens with two attached hydrogens (primary N) is 1. The third-order valence-corrected chi connectivity index (χ3v) is 4.84. The molecule has 0 radical (unpaired) electrons. The lowest BCUT2D eigenvalue weighted by molar-refractivity contribution is 0.0517. The summed E-state index contributed by atoms with van der Waals surface area (Å²) in [6, 6.07) is 7.72. The Bertz CT molecular complexity index is 871. The van der Waals surface area contributed by atoms with E-state index in [2.05, 4.69) is 16.9 Å². The summed E-state index contributed by atoms with van der Waals surface area (Å²) < 4.78 is 10.2. The van der Waals surface area contributed by atoms with E-state index in [1.807, 2.05) is 12.1 Å². The second-order valence-corrected chi connectivity index (χ2v) is 6.97. The van der Waals surface area contributed by atoms with E-state index in [1.54, 1.807) is 26.0 Å². The van der Waals surface area contributed by atoms with Crippen molar-refractivity contribution in [2.24, 2.45) is 0 Å². The van der Waals surface area contributed by atoms with Crippen LogP contribution in [0.4, 0.5) is 5.82 Å². The Balaban J connectivity index is 1.97. The number of carbonyl (C=O) groups excluding carboxylic acids is 2. The van der Waals surface area contributed by atoms with Crippen LogP contribution in [-0.4, -0.2) is 48.1 Å². The average Bonchev–Trinajstić information content (AvgIpc) is 3.44. The fourth-order valence-electron chi connectivity index (χ4n) is 3.24. The molecule has 1 aliphatic rings. The molecule has 1 fully saturated rings. The predicted molar refractivity (Wildman–Crippen MR) is 107 cm³/mol. The molecular weight excluding hydrogens is 358 g/mol. The first kappa shape index (κ1) is 19.9. The number of nitrogens with zero attached hydrogens (tertiary/aromatic N) is 1. The summed E-state index contributed by atoms with van der Waals surface area (Å²) >= 11 is 0. The van der Waals surface area contributed by atoms with E-state index in [4.69, 9.17) is 15.2 Å². The minimum Gasteiger partial charge on any atom is -0.462 e. The van der Waals surface area contributed by atoms with E-state index in [-0.39, 0.29) is 18.4 Å². The highest BCUT2D eigenvalue weighted by atomic mass is 16.5. The Morgan fingerprint density at radius 3 is 2.46 bits per heavy atom. The fraction of sp³-hybridized carbons (Fsp3) is 0.429. The van der Waals surface area contributed by atoms with Gasteiger partial charge in [-0.15, -0.1) is 0 Å². The van der Waals surface area contributed by atoms with Gasteiger partial charge in [0, 0.05) is 23.8 Å². The maximum absolute atomic E-state index is 12.2. The third kappa shape index (κ3) is 4.36. The van der Waals surface area contributed by atoms with Gasteiger partial charge in [-0.05, 0) is 57.5 Å². The number of hydrogen-bond donors (Lipinski definition) is 2. The van der Waals surface area contributed by atoms with E-state index < -0.39 is 5.97 Å². The molecule has 3 rings (SSSR count). The zero-order valence-corrected chi connectivity index (χ0v) is 16.6. The van der Waals surface area contributed by atoms with Crippen LogP contribution in [0.25, 0.3) is 11.3 Å². The quantitative estimate of drug-likeness (QED) is 0.677. The Hall–Kier alpha value is -2.80. The molecule has 1 heterocycles. The van der Waals surface area contributed by atoms with Crippen LogP contribution in [0, 0.1) is 0 Å². The molecule has 28 heavy (non-hydrogen) atoms. The van der Waals surface area contributed by atoms with E-state index in [9.17, 15) is 9.59 Å². The van der Waals surface area contributed by atoms with Crippen LogP contribution >= 0.6 is 0 Å². The molecule has 2 aromatic rings. The maximum atomic E-state index is 12.2. The highest BCUT2D eigenvalue weighted by Gasteiger charge is 2.27. The van der Waals surface area contributed by atoms with Gasteiger partial charge in [-0.3, -0.25) is 4.90 Å². The van der Waals surface area contributed by atoms with Crippen molar-refractivity contribution >= 4 is 17.8 Å². The van der Waals surface area contributed by atoms with Crippen LogP contribution in [-0.2, 0) is 16.0 Å². The zero-order valence-electron chi connectivity index (χ0n) is 16.6. The molecule has 0 amide bonds. The smallest absolute Gasteiger partial charge is 0.341 e. The molecule has 1 aromatic carbocycles. The van der Waals surface area contributed by atoms with Gasteiger partial charge >= 0.3 is 11.9 Å². The summed E-state index contributed by atoms with van der Waals surface area (Å²) in [5, 5.41) is 0. The first-order chi connectivity index (χ1) is 13.4. The lowest BCUT2D eigenvalue weighted by atomic mass is 10.0. The van der Waals surface area contributed by atoms with Crippen molar-refractivity contribution in [1.82, 2.24) is 9.88 Å². The first-order valence-electron chi connectivity index (χ1n) is 9.60. The molecule has 0 unspecified atom stereocenters. The summed E-state index contributed by atoms with van der Waals surface area (Å²) in [6.07, 6.45) is 2.37. The predicted octanol–water partition coefficient (Wildman–Crippen LogP) is 3.21. The van der Waals surface area contributed by atoms with Crippen molar-refractivity contribution in [3.63, 3.8) is 0 Å². The van der Waals surface area contributed by atoms with E-state index in [0.29, 0.717) is 30.3 Å². The van der Waals surface area contributed by atoms with Crippen molar-refractivity contribution in [3.05, 3.63) is 41.0 Å². The lowest BCUT2D eigenvalue weighted by Gasteiger charge is -2.18. The number of nitrogens with one attached hydrogen (secondary N) is 1. The third-order valence-electron chi connectivity index (χ3n) is 4.84. The van der Waals surface area contributed by atoms with Crippen LogP contribution < -0.4 is 5.73 Å². The summed E-state index contributed by atoms with van der Waals surface area (Å²) in [5.74, 6) is -0.533. The second kappa shape index (κ2) is 8.48. The largest absolute Gasteiger partial charge is 0.462 e. The number of rotatable bonds is 8. The normalized spacial score (nSPS) is 13.6. The van der Waals surface area contributed by atoms with Gasteiger partial charge in [-0.1, -0.05) is 6.07 Å². The highest BCUT2D eigenvalue weighted by Crippen LogP contribution is 2.32. The monoisotopic (exact) mass is 385 g/mol. The van der Waals surface area contributed by atoms with Crippen molar-refractivity contribution in [2.75, 3.05) is 26.0 Å². The number of aromatic amines is 1. The molecule has 0 saturated heterocycles. The Labute approximate surface area is 164 Å². The van der Waals surface area contributed by atoms with Crippen molar-refractivity contribution < 1.29 is 19.1 Å². The number of anilines is 1. The molecule has 7 nitrogen and oxygen atoms in total. The number of benzene rings is 1. The summed E-state index contributed by atoms with van der Waals surface area (Å²) in [7, 11) is 2.07. The van der Waals surface area contributed by atoms with Gasteiger partial charge in [0.2, 0.25) is 0 Å². The summed E-state index contributed by atoms with van der Waals surface area (Å²) in [6.45, 7) is 4.83. The minimum atomic E-state index is -0.456. The molecule has 0 aliphatic heterocycles. The van der Waals surface area contributed by atoms with Crippen molar-refractivity contribution in [3.8, 4) is 11.3 Å². The number of carbonyl (C=O) groups is 2. The molecular formula is C21H27N3O4. The van der Waals surface area contributed by atoms with Crippen LogP contribution in [0.2, 0.25) is 0 Å². The minimum absolute atomic E-state index is 0.268. The van der Waals surface area contributed by atoms with Crippen LogP contribution in [0.3, 0.4) is 0 Å². The average molecular weight is 385 g/mol. The Morgan fingerprint density at radius 2 is 1.82 bits per heavy atom. The number of H-pyrrole nitrogens is 1. The maximum Gasteiger partial charge on any atom is 0.341 e. The summed E-state index contributed by atoms with van der Waals surface area (Å²) in [5.41, 5.74) is 9.40. The molecule has 0 atom stereocenters. The van der Waals surface area contributed by atoms with Crippen LogP contribution in [0.5, 0.6) is 0 Å². The second-order valence-electron chi connectivity index (χ2n) is 6.97. The molecule has 3 N–H and O–H groups in total. The first-order valence-corrected chi connectivity index (χ1v) is 9.60. The SMILES string of the molecule is CCOC(=O)c1ccc(-c2cc(C(=O)OCC)c(N)[nH]2)c(CN(C)C2CC2)c1. The molecule has 150 valence electrons. The van der Waals surface area contributed by atoms with Crippen molar-refractivity contribution in [1.29, 1.82) is 0 Å².